The van der Waals surface area contributed by atoms with E-state index in [4.69, 9.17) is 9.26 Å². The summed E-state index contributed by atoms with van der Waals surface area (Å²) in [5.41, 5.74) is 2.47. The van der Waals surface area contributed by atoms with Gasteiger partial charge in [-0.3, -0.25) is 4.79 Å². The maximum atomic E-state index is 12.8. The highest BCUT2D eigenvalue weighted by atomic mass is 16.5. The van der Waals surface area contributed by atoms with Gasteiger partial charge in [-0.2, -0.15) is 0 Å². The Balaban J connectivity index is 1.69. The second-order valence-corrected chi connectivity index (χ2v) is 7.28. The number of hydrogen-bond donors (Lipinski definition) is 0. The Hall–Kier alpha value is -2.30. The first-order valence-electron chi connectivity index (χ1n) is 8.88. The van der Waals surface area contributed by atoms with Crippen molar-refractivity contribution in [3.8, 4) is 5.75 Å². The molecule has 1 aromatic heterocycles. The molecule has 0 unspecified atom stereocenters. The number of aromatic nitrogens is 1. The molecule has 2 atom stereocenters. The Labute approximate surface area is 148 Å². The zero-order chi connectivity index (χ0) is 18.0. The van der Waals surface area contributed by atoms with Gasteiger partial charge in [0.1, 0.15) is 18.1 Å². The highest BCUT2D eigenvalue weighted by Gasteiger charge is 2.26. The van der Waals surface area contributed by atoms with E-state index in [1.165, 1.54) is 6.42 Å². The van der Waals surface area contributed by atoms with Gasteiger partial charge in [-0.05, 0) is 50.3 Å². The molecule has 0 saturated carbocycles. The van der Waals surface area contributed by atoms with E-state index in [1.807, 2.05) is 43.0 Å². The van der Waals surface area contributed by atoms with Crippen molar-refractivity contribution < 1.29 is 14.1 Å². The molecule has 134 valence electrons. The number of nitrogens with zero attached hydrogens (tertiary/aromatic N) is 2. The van der Waals surface area contributed by atoms with E-state index in [0.29, 0.717) is 29.8 Å². The summed E-state index contributed by atoms with van der Waals surface area (Å²) in [7, 11) is 0. The first-order valence-corrected chi connectivity index (χ1v) is 8.88. The van der Waals surface area contributed by atoms with E-state index in [0.717, 1.165) is 30.1 Å². The van der Waals surface area contributed by atoms with Gasteiger partial charge in [0.05, 0.1) is 11.3 Å². The molecule has 1 aliphatic rings. The smallest absolute Gasteiger partial charge is 0.254 e. The van der Waals surface area contributed by atoms with Crippen LogP contribution >= 0.6 is 0 Å². The fourth-order valence-electron chi connectivity index (χ4n) is 3.59. The molecule has 0 N–H and O–H groups in total. The van der Waals surface area contributed by atoms with Crippen molar-refractivity contribution in [3.05, 3.63) is 46.8 Å². The van der Waals surface area contributed by atoms with Gasteiger partial charge in [0, 0.05) is 18.7 Å². The predicted molar refractivity (Wildman–Crippen MR) is 95.6 cm³/mol. The number of piperidine rings is 1. The summed E-state index contributed by atoms with van der Waals surface area (Å²) in [5, 5.41) is 3.93. The molecule has 25 heavy (non-hydrogen) atoms. The minimum atomic E-state index is 0.0844. The number of carbonyl (C=O) groups is 1. The minimum absolute atomic E-state index is 0.0844. The molecule has 0 radical (unpaired) electrons. The summed E-state index contributed by atoms with van der Waals surface area (Å²) in [4.78, 5) is 14.8. The average molecular weight is 342 g/mol. The number of likely N-dealkylation sites (tertiary alicyclic amines) is 1. The summed E-state index contributed by atoms with van der Waals surface area (Å²) in [5.74, 6) is 2.63. The number of aryl methyl sites for hydroxylation is 2. The van der Waals surface area contributed by atoms with Crippen LogP contribution in [0.25, 0.3) is 0 Å². The molecule has 2 heterocycles. The molecule has 2 aromatic rings. The molecule has 1 saturated heterocycles. The fourth-order valence-corrected chi connectivity index (χ4v) is 3.59. The van der Waals surface area contributed by atoms with E-state index < -0.39 is 0 Å². The van der Waals surface area contributed by atoms with Crippen LogP contribution in [0, 0.1) is 25.7 Å². The van der Waals surface area contributed by atoms with Crippen molar-refractivity contribution in [2.45, 2.75) is 40.7 Å². The predicted octanol–water partition coefficient (Wildman–Crippen LogP) is 3.99. The second kappa shape index (κ2) is 7.30. The molecule has 5 nitrogen and oxygen atoms in total. The molecule has 0 bridgehead atoms. The van der Waals surface area contributed by atoms with Crippen molar-refractivity contribution in [3.63, 3.8) is 0 Å². The van der Waals surface area contributed by atoms with Gasteiger partial charge < -0.3 is 14.2 Å². The van der Waals surface area contributed by atoms with E-state index >= 15 is 0 Å². The Morgan fingerprint density at radius 3 is 2.64 bits per heavy atom. The molecular formula is C20H26N2O3. The number of hydrogen-bond acceptors (Lipinski definition) is 4. The molecule has 1 fully saturated rings. The van der Waals surface area contributed by atoms with E-state index in [-0.39, 0.29) is 5.91 Å². The fraction of sp³-hybridized carbons (Fsp3) is 0.500. The highest BCUT2D eigenvalue weighted by Crippen LogP contribution is 2.24. The molecule has 1 aromatic carbocycles. The van der Waals surface area contributed by atoms with Crippen LogP contribution in [-0.2, 0) is 6.61 Å². The monoisotopic (exact) mass is 342 g/mol. The minimum Gasteiger partial charge on any atom is -0.489 e. The Morgan fingerprint density at radius 2 is 2.00 bits per heavy atom. The Morgan fingerprint density at radius 1 is 1.28 bits per heavy atom. The third-order valence-electron chi connectivity index (χ3n) is 4.80. The third kappa shape index (κ3) is 4.03. The van der Waals surface area contributed by atoms with Crippen LogP contribution in [0.4, 0.5) is 0 Å². The summed E-state index contributed by atoms with van der Waals surface area (Å²) in [6.45, 7) is 10.2. The maximum absolute atomic E-state index is 12.8. The number of amides is 1. The summed E-state index contributed by atoms with van der Waals surface area (Å²) >= 11 is 0. The first kappa shape index (κ1) is 17.5. The molecule has 5 heteroatoms. The molecule has 1 amide bonds. The van der Waals surface area contributed by atoms with Gasteiger partial charge in [0.15, 0.2) is 0 Å². The van der Waals surface area contributed by atoms with Crippen LogP contribution in [-0.4, -0.2) is 29.1 Å². The van der Waals surface area contributed by atoms with Crippen LogP contribution in [0.5, 0.6) is 5.75 Å². The van der Waals surface area contributed by atoms with Crippen molar-refractivity contribution in [1.82, 2.24) is 10.1 Å². The van der Waals surface area contributed by atoms with Crippen molar-refractivity contribution in [1.29, 1.82) is 0 Å². The number of rotatable bonds is 4. The highest BCUT2D eigenvalue weighted by molar-refractivity contribution is 5.94. The normalized spacial score (nSPS) is 20.6. The van der Waals surface area contributed by atoms with Crippen molar-refractivity contribution in [2.75, 3.05) is 13.1 Å². The van der Waals surface area contributed by atoms with E-state index in [2.05, 4.69) is 19.0 Å². The quantitative estimate of drug-likeness (QED) is 0.843. The van der Waals surface area contributed by atoms with Gasteiger partial charge in [-0.15, -0.1) is 0 Å². The van der Waals surface area contributed by atoms with Crippen LogP contribution in [0.3, 0.4) is 0 Å². The lowest BCUT2D eigenvalue weighted by atomic mass is 9.91. The Bertz CT molecular complexity index is 724. The SMILES string of the molecule is Cc1noc(C)c1COc1cccc(C(=O)N2C[C@@H](C)C[C@H](C)C2)c1. The zero-order valence-electron chi connectivity index (χ0n) is 15.4. The third-order valence-corrected chi connectivity index (χ3v) is 4.80. The van der Waals surface area contributed by atoms with E-state index in [9.17, 15) is 4.79 Å². The van der Waals surface area contributed by atoms with Gasteiger partial charge >= 0.3 is 0 Å². The summed E-state index contributed by atoms with van der Waals surface area (Å²) in [6.07, 6.45) is 1.18. The second-order valence-electron chi connectivity index (χ2n) is 7.28. The van der Waals surface area contributed by atoms with Gasteiger partial charge in [-0.25, -0.2) is 0 Å². The molecule has 0 aliphatic carbocycles. The average Bonchev–Trinajstić information content (AvgIpc) is 2.90. The van der Waals surface area contributed by atoms with Crippen LogP contribution in [0.1, 0.15) is 47.6 Å². The molecule has 1 aliphatic heterocycles. The van der Waals surface area contributed by atoms with Crippen LogP contribution in [0.2, 0.25) is 0 Å². The van der Waals surface area contributed by atoms with Gasteiger partial charge in [-0.1, -0.05) is 25.1 Å². The van der Waals surface area contributed by atoms with E-state index in [1.54, 1.807) is 0 Å². The molecule has 0 spiro atoms. The van der Waals surface area contributed by atoms with Gasteiger partial charge in [0.2, 0.25) is 0 Å². The van der Waals surface area contributed by atoms with Gasteiger partial charge in [0.25, 0.3) is 5.91 Å². The standard InChI is InChI=1S/C20H26N2O3/c1-13-8-14(2)11-22(10-13)20(23)17-6-5-7-18(9-17)24-12-19-15(3)21-25-16(19)4/h5-7,9,13-14H,8,10-12H2,1-4H3/t13-,14-/m0/s1. The lowest BCUT2D eigenvalue weighted by Crippen LogP contribution is -2.42. The number of ether oxygens (including phenoxy) is 1. The summed E-state index contributed by atoms with van der Waals surface area (Å²) in [6, 6.07) is 7.42. The van der Waals surface area contributed by atoms with Crippen LogP contribution < -0.4 is 4.74 Å². The molecule has 3 rings (SSSR count). The maximum Gasteiger partial charge on any atom is 0.254 e. The first-order chi connectivity index (χ1) is 11.9. The largest absolute Gasteiger partial charge is 0.489 e. The topological polar surface area (TPSA) is 55.6 Å². The number of benzene rings is 1. The zero-order valence-corrected chi connectivity index (χ0v) is 15.4. The molecular weight excluding hydrogens is 316 g/mol. The number of carbonyl (C=O) groups excluding carboxylic acids is 1. The lowest BCUT2D eigenvalue weighted by molar-refractivity contribution is 0.0622. The lowest BCUT2D eigenvalue weighted by Gasteiger charge is -2.35. The van der Waals surface area contributed by atoms with Crippen molar-refractivity contribution >= 4 is 5.91 Å². The van der Waals surface area contributed by atoms with Crippen LogP contribution in [0.15, 0.2) is 28.8 Å². The summed E-state index contributed by atoms with van der Waals surface area (Å²) < 4.78 is 11.0. The van der Waals surface area contributed by atoms with Crippen molar-refractivity contribution in [2.24, 2.45) is 11.8 Å². The Kier molecular flexibility index (Phi) is 5.11.